The van der Waals surface area contributed by atoms with Crippen LogP contribution in [0.4, 0.5) is 10.1 Å². The summed E-state index contributed by atoms with van der Waals surface area (Å²) in [4.78, 5) is 0.363. The fraction of sp³-hybridized carbons (Fsp3) is 0. The van der Waals surface area contributed by atoms with Gasteiger partial charge in [0.2, 0.25) is 0 Å². The fourth-order valence-corrected chi connectivity index (χ4v) is 1.69. The summed E-state index contributed by atoms with van der Waals surface area (Å²) in [5.41, 5.74) is 7.96. The molecule has 0 bridgehead atoms. The first-order valence-electron chi connectivity index (χ1n) is 4.52. The molecule has 1 nitrogen and oxygen atoms in total. The molecule has 0 heterocycles. The second-order valence-corrected chi connectivity index (χ2v) is 3.71. The summed E-state index contributed by atoms with van der Waals surface area (Å²) < 4.78 is 13.2. The van der Waals surface area contributed by atoms with Gasteiger partial charge in [0, 0.05) is 10.6 Å². The van der Waals surface area contributed by atoms with Crippen molar-refractivity contribution < 1.29 is 4.39 Å². The minimum Gasteiger partial charge on any atom is -0.399 e. The molecule has 76 valence electrons. The normalized spacial score (nSPS) is 10.3. The van der Waals surface area contributed by atoms with E-state index in [0.717, 1.165) is 11.1 Å². The van der Waals surface area contributed by atoms with Crippen LogP contribution in [0, 0.1) is 5.82 Å². The molecule has 2 aromatic rings. The molecule has 0 unspecified atom stereocenters. The van der Waals surface area contributed by atoms with Crippen molar-refractivity contribution in [3.8, 4) is 11.1 Å². The van der Waals surface area contributed by atoms with Gasteiger partial charge in [-0.15, -0.1) is 12.6 Å². The first-order valence-corrected chi connectivity index (χ1v) is 4.96. The Kier molecular flexibility index (Phi) is 2.64. The predicted octanol–water partition coefficient (Wildman–Crippen LogP) is 3.36. The van der Waals surface area contributed by atoms with Crippen LogP contribution in [-0.2, 0) is 0 Å². The number of hydrogen-bond acceptors (Lipinski definition) is 2. The Labute approximate surface area is 93.1 Å². The zero-order valence-corrected chi connectivity index (χ0v) is 8.84. The van der Waals surface area contributed by atoms with E-state index in [1.807, 2.05) is 18.2 Å². The molecule has 0 aliphatic carbocycles. The molecule has 2 aromatic carbocycles. The second kappa shape index (κ2) is 3.95. The van der Waals surface area contributed by atoms with Crippen molar-refractivity contribution in [1.82, 2.24) is 0 Å². The Hall–Kier alpha value is -1.48. The van der Waals surface area contributed by atoms with Crippen molar-refractivity contribution in [2.24, 2.45) is 0 Å². The van der Waals surface area contributed by atoms with E-state index in [1.165, 1.54) is 6.07 Å². The van der Waals surface area contributed by atoms with Gasteiger partial charge in [0.15, 0.2) is 0 Å². The van der Waals surface area contributed by atoms with E-state index in [9.17, 15) is 4.39 Å². The molecule has 0 spiro atoms. The maximum atomic E-state index is 13.2. The number of nitrogen functional groups attached to an aromatic ring is 1. The number of benzene rings is 2. The molecule has 15 heavy (non-hydrogen) atoms. The maximum Gasteiger partial charge on any atom is 0.137 e. The standard InChI is InChI=1S/C12H10FNS/c13-11-3-1-2-10(12(11)15)8-4-6-9(14)7-5-8/h1-7,15H,14H2. The van der Waals surface area contributed by atoms with E-state index in [0.29, 0.717) is 10.6 Å². The number of thiol groups is 1. The first kappa shape index (κ1) is 10.1. The lowest BCUT2D eigenvalue weighted by atomic mass is 10.1. The Morgan fingerprint density at radius 3 is 2.33 bits per heavy atom. The highest BCUT2D eigenvalue weighted by Gasteiger charge is 2.05. The summed E-state index contributed by atoms with van der Waals surface area (Å²) in [6.45, 7) is 0. The summed E-state index contributed by atoms with van der Waals surface area (Å²) in [5, 5.41) is 0. The maximum absolute atomic E-state index is 13.2. The van der Waals surface area contributed by atoms with Gasteiger partial charge in [-0.25, -0.2) is 4.39 Å². The van der Waals surface area contributed by atoms with Crippen LogP contribution < -0.4 is 5.73 Å². The molecule has 0 fully saturated rings. The van der Waals surface area contributed by atoms with Crippen LogP contribution in [0.25, 0.3) is 11.1 Å². The van der Waals surface area contributed by atoms with Crippen molar-refractivity contribution in [2.75, 3.05) is 5.73 Å². The first-order chi connectivity index (χ1) is 7.18. The van der Waals surface area contributed by atoms with Gasteiger partial charge in [0.25, 0.3) is 0 Å². The highest BCUT2D eigenvalue weighted by Crippen LogP contribution is 2.28. The van der Waals surface area contributed by atoms with E-state index < -0.39 is 0 Å². The Balaban J connectivity index is 2.54. The van der Waals surface area contributed by atoms with Gasteiger partial charge < -0.3 is 5.73 Å². The Bertz CT molecular complexity index is 479. The number of hydrogen-bond donors (Lipinski definition) is 2. The molecular formula is C12H10FNS. The molecule has 0 amide bonds. The van der Waals surface area contributed by atoms with Crippen molar-refractivity contribution in [3.05, 3.63) is 48.3 Å². The zero-order valence-electron chi connectivity index (χ0n) is 7.94. The molecule has 0 aliphatic heterocycles. The SMILES string of the molecule is Nc1ccc(-c2cccc(F)c2S)cc1. The van der Waals surface area contributed by atoms with E-state index in [2.05, 4.69) is 12.6 Å². The number of halogens is 1. The van der Waals surface area contributed by atoms with Crippen LogP contribution in [0.1, 0.15) is 0 Å². The summed E-state index contributed by atoms with van der Waals surface area (Å²) in [7, 11) is 0. The van der Waals surface area contributed by atoms with E-state index in [1.54, 1.807) is 18.2 Å². The third kappa shape index (κ3) is 1.97. The van der Waals surface area contributed by atoms with E-state index in [-0.39, 0.29) is 5.82 Å². The highest BCUT2D eigenvalue weighted by atomic mass is 32.1. The molecular weight excluding hydrogens is 209 g/mol. The van der Waals surface area contributed by atoms with Crippen molar-refractivity contribution in [2.45, 2.75) is 4.90 Å². The van der Waals surface area contributed by atoms with E-state index >= 15 is 0 Å². The summed E-state index contributed by atoms with van der Waals surface area (Å²) in [6, 6.07) is 12.2. The minimum absolute atomic E-state index is 0.312. The van der Waals surface area contributed by atoms with Gasteiger partial charge in [-0.1, -0.05) is 24.3 Å². The lowest BCUT2D eigenvalue weighted by Crippen LogP contribution is -1.86. The molecule has 0 saturated heterocycles. The van der Waals surface area contributed by atoms with Crippen LogP contribution >= 0.6 is 12.6 Å². The van der Waals surface area contributed by atoms with Crippen molar-refractivity contribution in [3.63, 3.8) is 0 Å². The molecule has 2 N–H and O–H groups in total. The molecule has 0 radical (unpaired) electrons. The molecule has 0 aliphatic rings. The van der Waals surface area contributed by atoms with E-state index in [4.69, 9.17) is 5.73 Å². The third-order valence-corrected chi connectivity index (χ3v) is 2.66. The third-order valence-electron chi connectivity index (χ3n) is 2.21. The van der Waals surface area contributed by atoms with Gasteiger partial charge in [-0.2, -0.15) is 0 Å². The quantitative estimate of drug-likeness (QED) is 0.558. The highest BCUT2D eigenvalue weighted by molar-refractivity contribution is 7.80. The minimum atomic E-state index is -0.312. The van der Waals surface area contributed by atoms with Crippen LogP contribution in [0.5, 0.6) is 0 Å². The largest absolute Gasteiger partial charge is 0.399 e. The lowest BCUT2D eigenvalue weighted by molar-refractivity contribution is 0.603. The smallest absolute Gasteiger partial charge is 0.137 e. The summed E-state index contributed by atoms with van der Waals surface area (Å²) in [6.07, 6.45) is 0. The van der Waals surface area contributed by atoms with Gasteiger partial charge in [0.1, 0.15) is 5.82 Å². The van der Waals surface area contributed by atoms with Gasteiger partial charge in [-0.05, 0) is 29.3 Å². The lowest BCUT2D eigenvalue weighted by Gasteiger charge is -2.06. The second-order valence-electron chi connectivity index (χ2n) is 3.26. The summed E-state index contributed by atoms with van der Waals surface area (Å²) >= 11 is 4.14. The predicted molar refractivity (Wildman–Crippen MR) is 63.5 cm³/mol. The zero-order chi connectivity index (χ0) is 10.8. The average molecular weight is 219 g/mol. The van der Waals surface area contributed by atoms with Gasteiger partial charge in [0.05, 0.1) is 0 Å². The van der Waals surface area contributed by atoms with Gasteiger partial charge >= 0.3 is 0 Å². The molecule has 0 saturated carbocycles. The van der Waals surface area contributed by atoms with Crippen LogP contribution in [0.3, 0.4) is 0 Å². The van der Waals surface area contributed by atoms with Crippen LogP contribution in [-0.4, -0.2) is 0 Å². The van der Waals surface area contributed by atoms with Crippen LogP contribution in [0.2, 0.25) is 0 Å². The van der Waals surface area contributed by atoms with Crippen molar-refractivity contribution in [1.29, 1.82) is 0 Å². The molecule has 2 rings (SSSR count). The van der Waals surface area contributed by atoms with Gasteiger partial charge in [-0.3, -0.25) is 0 Å². The van der Waals surface area contributed by atoms with Crippen molar-refractivity contribution >= 4 is 18.3 Å². The number of nitrogens with two attached hydrogens (primary N) is 1. The molecule has 3 heteroatoms. The Morgan fingerprint density at radius 1 is 1.00 bits per heavy atom. The molecule has 0 atom stereocenters. The topological polar surface area (TPSA) is 26.0 Å². The van der Waals surface area contributed by atoms with Crippen LogP contribution in [0.15, 0.2) is 47.4 Å². The fourth-order valence-electron chi connectivity index (χ4n) is 1.41. The number of anilines is 1. The summed E-state index contributed by atoms with van der Waals surface area (Å²) in [5.74, 6) is -0.312. The Morgan fingerprint density at radius 2 is 1.67 bits per heavy atom. The number of rotatable bonds is 1. The molecule has 0 aromatic heterocycles. The monoisotopic (exact) mass is 219 g/mol. The average Bonchev–Trinajstić information content (AvgIpc) is 2.24.